The lowest BCUT2D eigenvalue weighted by Crippen LogP contribution is -2.11. The monoisotopic (exact) mass is 409 g/mol. The molecule has 0 saturated heterocycles. The van der Waals surface area contributed by atoms with Gasteiger partial charge in [-0.3, -0.25) is 9.48 Å². The summed E-state index contributed by atoms with van der Waals surface area (Å²) in [6, 6.07) is 12.0. The van der Waals surface area contributed by atoms with Gasteiger partial charge in [-0.15, -0.1) is 0 Å². The average Bonchev–Trinajstić information content (AvgIpc) is 3.03. The molecule has 1 aromatic carbocycles. The normalized spacial score (nSPS) is 12.2. The van der Waals surface area contributed by atoms with Crippen molar-refractivity contribution < 1.29 is 14.3 Å². The lowest BCUT2D eigenvalue weighted by Gasteiger charge is -2.19. The summed E-state index contributed by atoms with van der Waals surface area (Å²) in [5.41, 5.74) is 3.73. The first kappa shape index (κ1) is 23.2. The third kappa shape index (κ3) is 5.96. The molecule has 0 N–H and O–H groups in total. The number of hydrogen-bond acceptors (Lipinski definition) is 5. The smallest absolute Gasteiger partial charge is 0.308 e. The summed E-state index contributed by atoms with van der Waals surface area (Å²) in [5, 5.41) is 14.3. The maximum atomic E-state index is 11.8. The van der Waals surface area contributed by atoms with Crippen molar-refractivity contribution in [2.75, 3.05) is 6.79 Å². The molecule has 0 fully saturated rings. The topological polar surface area (TPSA) is 77.1 Å². The van der Waals surface area contributed by atoms with E-state index in [9.17, 15) is 10.1 Å². The highest BCUT2D eigenvalue weighted by atomic mass is 16.7. The van der Waals surface area contributed by atoms with Crippen LogP contribution >= 0.6 is 0 Å². The van der Waals surface area contributed by atoms with Crippen LogP contribution in [0, 0.1) is 18.3 Å². The standard InChI is InChI=1S/C24H31N3O3/c1-7-8-9-22(28)29-16-30-23(21-14-17(2)26-27(21)6)20(15-25)18-10-12-19(13-11-18)24(3,4)5/h10-14H,7-9,16H2,1-6H3/b23-20-. The number of aryl methyl sites for hydroxylation is 2. The van der Waals surface area contributed by atoms with Gasteiger partial charge in [0.2, 0.25) is 6.79 Å². The summed E-state index contributed by atoms with van der Waals surface area (Å²) in [6.45, 7) is 10.1. The molecule has 0 aliphatic rings. The van der Waals surface area contributed by atoms with E-state index in [1.54, 1.807) is 11.7 Å². The summed E-state index contributed by atoms with van der Waals surface area (Å²) >= 11 is 0. The predicted molar refractivity (Wildman–Crippen MR) is 117 cm³/mol. The molecule has 0 aliphatic carbocycles. The van der Waals surface area contributed by atoms with Gasteiger partial charge in [0.1, 0.15) is 17.3 Å². The van der Waals surface area contributed by atoms with Crippen LogP contribution in [-0.4, -0.2) is 22.5 Å². The Bertz CT molecular complexity index is 942. The SMILES string of the molecule is CCCCC(=O)OCO/C(=C(/C#N)c1ccc(C(C)(C)C)cc1)c1cc(C)nn1C. The van der Waals surface area contributed by atoms with Crippen molar-refractivity contribution in [1.29, 1.82) is 5.26 Å². The maximum Gasteiger partial charge on any atom is 0.308 e. The van der Waals surface area contributed by atoms with E-state index in [4.69, 9.17) is 9.47 Å². The Balaban J connectivity index is 2.39. The average molecular weight is 410 g/mol. The number of nitriles is 1. The van der Waals surface area contributed by atoms with E-state index in [-0.39, 0.29) is 18.2 Å². The molecule has 160 valence electrons. The van der Waals surface area contributed by atoms with Crippen molar-refractivity contribution in [3.8, 4) is 6.07 Å². The molecule has 1 aromatic heterocycles. The van der Waals surface area contributed by atoms with E-state index in [2.05, 4.69) is 31.9 Å². The van der Waals surface area contributed by atoms with Crippen LogP contribution in [-0.2, 0) is 26.7 Å². The van der Waals surface area contributed by atoms with Gasteiger partial charge in [0.15, 0.2) is 5.76 Å². The van der Waals surface area contributed by atoms with E-state index in [1.165, 1.54) is 5.56 Å². The second-order valence-electron chi connectivity index (χ2n) is 8.32. The molecule has 0 amide bonds. The minimum Gasteiger partial charge on any atom is -0.454 e. The quantitative estimate of drug-likeness (QED) is 0.262. The molecule has 0 spiro atoms. The maximum absolute atomic E-state index is 11.8. The van der Waals surface area contributed by atoms with Crippen LogP contribution in [0.4, 0.5) is 0 Å². The zero-order valence-electron chi connectivity index (χ0n) is 18.8. The second kappa shape index (κ2) is 10.1. The molecule has 2 rings (SSSR count). The van der Waals surface area contributed by atoms with Crippen molar-refractivity contribution in [2.45, 2.75) is 59.3 Å². The number of ether oxygens (including phenoxy) is 2. The Hall–Kier alpha value is -3.07. The molecule has 0 bridgehead atoms. The van der Waals surface area contributed by atoms with E-state index < -0.39 is 0 Å². The molecule has 0 atom stereocenters. The Morgan fingerprint density at radius 1 is 1.20 bits per heavy atom. The number of carbonyl (C=O) groups is 1. The van der Waals surface area contributed by atoms with Crippen molar-refractivity contribution in [1.82, 2.24) is 9.78 Å². The highest BCUT2D eigenvalue weighted by Gasteiger charge is 2.19. The van der Waals surface area contributed by atoms with Crippen molar-refractivity contribution in [3.63, 3.8) is 0 Å². The molecule has 0 unspecified atom stereocenters. The van der Waals surface area contributed by atoms with Gasteiger partial charge < -0.3 is 9.47 Å². The number of esters is 1. The minimum absolute atomic E-state index is 0.0141. The van der Waals surface area contributed by atoms with Gasteiger partial charge in [0, 0.05) is 13.5 Å². The lowest BCUT2D eigenvalue weighted by molar-refractivity contribution is -0.151. The summed E-state index contributed by atoms with van der Waals surface area (Å²) in [4.78, 5) is 11.8. The zero-order valence-corrected chi connectivity index (χ0v) is 18.8. The van der Waals surface area contributed by atoms with Gasteiger partial charge in [-0.1, -0.05) is 58.4 Å². The minimum atomic E-state index is -0.314. The number of rotatable bonds is 8. The van der Waals surface area contributed by atoms with Crippen LogP contribution in [0.3, 0.4) is 0 Å². The zero-order chi connectivity index (χ0) is 22.3. The first-order valence-electron chi connectivity index (χ1n) is 10.2. The Kier molecular flexibility index (Phi) is 7.82. The van der Waals surface area contributed by atoms with Crippen molar-refractivity contribution in [3.05, 3.63) is 52.8 Å². The summed E-state index contributed by atoms with van der Waals surface area (Å²) in [7, 11) is 1.79. The van der Waals surface area contributed by atoms with E-state index in [0.717, 1.165) is 24.1 Å². The molecule has 6 heteroatoms. The van der Waals surface area contributed by atoms with Crippen molar-refractivity contribution >= 4 is 17.3 Å². The molecule has 2 aromatic rings. The molecule has 6 nitrogen and oxygen atoms in total. The highest BCUT2D eigenvalue weighted by Crippen LogP contribution is 2.30. The highest BCUT2D eigenvalue weighted by molar-refractivity contribution is 5.94. The predicted octanol–water partition coefficient (Wildman–Crippen LogP) is 5.13. The fourth-order valence-corrected chi connectivity index (χ4v) is 3.03. The Morgan fingerprint density at radius 2 is 1.87 bits per heavy atom. The second-order valence-corrected chi connectivity index (χ2v) is 8.32. The molecular formula is C24H31N3O3. The lowest BCUT2D eigenvalue weighted by atomic mass is 9.86. The number of carbonyl (C=O) groups excluding carboxylic acids is 1. The third-order valence-electron chi connectivity index (χ3n) is 4.77. The fourth-order valence-electron chi connectivity index (χ4n) is 3.03. The van der Waals surface area contributed by atoms with Gasteiger partial charge in [-0.25, -0.2) is 0 Å². The molecule has 1 heterocycles. The number of nitrogens with zero attached hydrogens (tertiary/aromatic N) is 3. The summed E-state index contributed by atoms with van der Waals surface area (Å²) in [5.74, 6) is 0.0258. The molecule has 0 radical (unpaired) electrons. The number of hydrogen-bond donors (Lipinski definition) is 0. The van der Waals surface area contributed by atoms with Crippen LogP contribution < -0.4 is 0 Å². The van der Waals surface area contributed by atoms with Crippen LogP contribution in [0.2, 0.25) is 0 Å². The fraction of sp³-hybridized carbons (Fsp3) is 0.458. The van der Waals surface area contributed by atoms with Gasteiger partial charge in [0.05, 0.1) is 5.69 Å². The van der Waals surface area contributed by atoms with Gasteiger partial charge >= 0.3 is 5.97 Å². The molecule has 0 aliphatic heterocycles. The Morgan fingerprint density at radius 3 is 2.37 bits per heavy atom. The first-order valence-corrected chi connectivity index (χ1v) is 10.2. The number of allylic oxidation sites excluding steroid dienone is 1. The largest absolute Gasteiger partial charge is 0.454 e. The number of benzene rings is 1. The number of aromatic nitrogens is 2. The molecule has 0 saturated carbocycles. The van der Waals surface area contributed by atoms with E-state index >= 15 is 0 Å². The Labute approximate surface area is 179 Å². The van der Waals surface area contributed by atoms with Gasteiger partial charge in [-0.05, 0) is 36.0 Å². The first-order chi connectivity index (χ1) is 14.2. The van der Waals surface area contributed by atoms with E-state index in [0.29, 0.717) is 23.4 Å². The third-order valence-corrected chi connectivity index (χ3v) is 4.77. The van der Waals surface area contributed by atoms with E-state index in [1.807, 2.05) is 44.2 Å². The summed E-state index contributed by atoms with van der Waals surface area (Å²) < 4.78 is 12.7. The van der Waals surface area contributed by atoms with Crippen LogP contribution in [0.5, 0.6) is 0 Å². The van der Waals surface area contributed by atoms with Crippen LogP contribution in [0.1, 0.15) is 69.5 Å². The van der Waals surface area contributed by atoms with Crippen molar-refractivity contribution in [2.24, 2.45) is 7.05 Å². The van der Waals surface area contributed by atoms with Crippen LogP contribution in [0.15, 0.2) is 30.3 Å². The van der Waals surface area contributed by atoms with Gasteiger partial charge in [-0.2, -0.15) is 10.4 Å². The van der Waals surface area contributed by atoms with Crippen LogP contribution in [0.25, 0.3) is 11.3 Å². The van der Waals surface area contributed by atoms with Gasteiger partial charge in [0.25, 0.3) is 0 Å². The summed E-state index contributed by atoms with van der Waals surface area (Å²) in [6.07, 6.45) is 2.04. The molecule has 30 heavy (non-hydrogen) atoms. The molecular weight excluding hydrogens is 378 g/mol. The number of unbranched alkanes of at least 4 members (excludes halogenated alkanes) is 1.